The highest BCUT2D eigenvalue weighted by molar-refractivity contribution is 6.15. The Labute approximate surface area is 119 Å². The highest BCUT2D eigenvalue weighted by Crippen LogP contribution is 2.28. The Kier molecular flexibility index (Phi) is 3.06. The van der Waals surface area contributed by atoms with Crippen LogP contribution in [0.2, 0.25) is 0 Å². The summed E-state index contributed by atoms with van der Waals surface area (Å²) in [5.74, 6) is -0.0608. The number of aromatic nitrogens is 1. The maximum absolute atomic E-state index is 12.5. The van der Waals surface area contributed by atoms with Crippen molar-refractivity contribution >= 4 is 22.4 Å². The zero-order valence-electron chi connectivity index (χ0n) is 11.3. The summed E-state index contributed by atoms with van der Waals surface area (Å²) in [5.41, 5.74) is 1.16. The second-order valence-electron chi connectivity index (χ2n) is 4.59. The SMILES string of the molecule is CCn1cc(C(=O)c2ccco2)c2cc([N+](=O)[O-])ccc21. The van der Waals surface area contributed by atoms with Crippen LogP contribution in [0.3, 0.4) is 0 Å². The van der Waals surface area contributed by atoms with Gasteiger partial charge in [0.25, 0.3) is 5.69 Å². The minimum Gasteiger partial charge on any atom is -0.461 e. The number of aryl methyl sites for hydroxylation is 1. The summed E-state index contributed by atoms with van der Waals surface area (Å²) in [7, 11) is 0. The molecule has 0 bridgehead atoms. The van der Waals surface area contributed by atoms with Gasteiger partial charge in [-0.2, -0.15) is 0 Å². The van der Waals surface area contributed by atoms with Gasteiger partial charge in [0.05, 0.1) is 16.7 Å². The average molecular weight is 284 g/mol. The van der Waals surface area contributed by atoms with E-state index in [1.54, 1.807) is 24.4 Å². The van der Waals surface area contributed by atoms with Crippen molar-refractivity contribution in [2.24, 2.45) is 0 Å². The molecular formula is C15H12N2O4. The zero-order chi connectivity index (χ0) is 15.0. The summed E-state index contributed by atoms with van der Waals surface area (Å²) in [6.07, 6.45) is 3.13. The number of hydrogen-bond acceptors (Lipinski definition) is 4. The number of furan rings is 1. The number of nitro benzene ring substituents is 1. The topological polar surface area (TPSA) is 78.3 Å². The van der Waals surface area contributed by atoms with Gasteiger partial charge in [-0.1, -0.05) is 0 Å². The Morgan fingerprint density at radius 3 is 2.81 bits per heavy atom. The summed E-state index contributed by atoms with van der Waals surface area (Å²) in [6.45, 7) is 2.61. The Morgan fingerprint density at radius 2 is 2.19 bits per heavy atom. The van der Waals surface area contributed by atoms with Crippen molar-refractivity contribution in [2.75, 3.05) is 0 Å². The lowest BCUT2D eigenvalue weighted by Gasteiger charge is -1.99. The largest absolute Gasteiger partial charge is 0.461 e. The molecule has 0 radical (unpaired) electrons. The van der Waals surface area contributed by atoms with Gasteiger partial charge in [-0.3, -0.25) is 14.9 Å². The third kappa shape index (κ3) is 2.10. The standard InChI is InChI=1S/C15H12N2O4/c1-2-16-9-12(15(18)14-4-3-7-21-14)11-8-10(17(19)20)5-6-13(11)16/h3-9H,2H2,1H3. The van der Waals surface area contributed by atoms with Gasteiger partial charge in [0.1, 0.15) is 0 Å². The number of rotatable bonds is 4. The van der Waals surface area contributed by atoms with Crippen molar-refractivity contribution < 1.29 is 14.1 Å². The molecule has 0 aliphatic carbocycles. The van der Waals surface area contributed by atoms with Crippen LogP contribution in [0.1, 0.15) is 23.0 Å². The second kappa shape index (κ2) is 4.90. The first-order valence-corrected chi connectivity index (χ1v) is 6.47. The van der Waals surface area contributed by atoms with Crippen molar-refractivity contribution in [3.63, 3.8) is 0 Å². The van der Waals surface area contributed by atoms with Crippen molar-refractivity contribution in [2.45, 2.75) is 13.5 Å². The van der Waals surface area contributed by atoms with Crippen LogP contribution < -0.4 is 0 Å². The molecule has 0 unspecified atom stereocenters. The molecule has 0 aliphatic rings. The highest BCUT2D eigenvalue weighted by Gasteiger charge is 2.20. The highest BCUT2D eigenvalue weighted by atomic mass is 16.6. The smallest absolute Gasteiger partial charge is 0.270 e. The molecule has 21 heavy (non-hydrogen) atoms. The van der Waals surface area contributed by atoms with E-state index >= 15 is 0 Å². The maximum Gasteiger partial charge on any atom is 0.270 e. The number of non-ortho nitro benzene ring substituents is 1. The van der Waals surface area contributed by atoms with Crippen LogP contribution in [-0.4, -0.2) is 15.3 Å². The van der Waals surface area contributed by atoms with Crippen molar-refractivity contribution in [3.05, 3.63) is 64.2 Å². The van der Waals surface area contributed by atoms with Gasteiger partial charge in [-0.25, -0.2) is 0 Å². The first kappa shape index (κ1) is 13.1. The third-order valence-corrected chi connectivity index (χ3v) is 3.41. The molecule has 0 amide bonds. The number of benzene rings is 1. The van der Waals surface area contributed by atoms with Crippen LogP contribution in [-0.2, 0) is 6.54 Å². The van der Waals surface area contributed by atoms with Crippen LogP contribution in [0.4, 0.5) is 5.69 Å². The van der Waals surface area contributed by atoms with Gasteiger partial charge in [0.15, 0.2) is 5.76 Å². The van der Waals surface area contributed by atoms with Gasteiger partial charge in [0.2, 0.25) is 5.78 Å². The van der Waals surface area contributed by atoms with Crippen molar-refractivity contribution in [1.29, 1.82) is 0 Å². The number of ketones is 1. The van der Waals surface area contributed by atoms with Gasteiger partial charge in [-0.05, 0) is 25.1 Å². The van der Waals surface area contributed by atoms with E-state index < -0.39 is 4.92 Å². The molecule has 0 spiro atoms. The molecule has 0 fully saturated rings. The Balaban J connectivity index is 2.23. The van der Waals surface area contributed by atoms with Crippen LogP contribution in [0.15, 0.2) is 47.2 Å². The molecule has 0 atom stereocenters. The summed E-state index contributed by atoms with van der Waals surface area (Å²) in [4.78, 5) is 22.9. The molecule has 6 nitrogen and oxygen atoms in total. The Bertz CT molecular complexity index is 831. The van der Waals surface area contributed by atoms with Crippen LogP contribution in [0.5, 0.6) is 0 Å². The lowest BCUT2D eigenvalue weighted by Crippen LogP contribution is -1.98. The third-order valence-electron chi connectivity index (χ3n) is 3.41. The second-order valence-corrected chi connectivity index (χ2v) is 4.59. The van der Waals surface area contributed by atoms with E-state index in [0.717, 1.165) is 5.52 Å². The normalized spacial score (nSPS) is 10.9. The molecule has 106 valence electrons. The Morgan fingerprint density at radius 1 is 1.38 bits per heavy atom. The van der Waals surface area contributed by atoms with E-state index in [-0.39, 0.29) is 17.2 Å². The molecule has 0 N–H and O–H groups in total. The lowest BCUT2D eigenvalue weighted by molar-refractivity contribution is -0.384. The summed E-state index contributed by atoms with van der Waals surface area (Å²) in [6, 6.07) is 7.74. The fourth-order valence-electron chi connectivity index (χ4n) is 2.38. The number of carbonyl (C=O) groups excluding carboxylic acids is 1. The first-order valence-electron chi connectivity index (χ1n) is 6.47. The van der Waals surface area contributed by atoms with E-state index in [1.807, 2.05) is 11.5 Å². The minimum absolute atomic E-state index is 0.0372. The number of hydrogen-bond donors (Lipinski definition) is 0. The van der Waals surface area contributed by atoms with Crippen LogP contribution >= 0.6 is 0 Å². The molecule has 0 saturated carbocycles. The Hall–Kier alpha value is -2.89. The van der Waals surface area contributed by atoms with Gasteiger partial charge in [0, 0.05) is 35.8 Å². The minimum atomic E-state index is -0.468. The molecule has 0 saturated heterocycles. The van der Waals surface area contributed by atoms with E-state index in [2.05, 4.69) is 0 Å². The molecule has 6 heteroatoms. The molecule has 2 aromatic heterocycles. The number of fused-ring (bicyclic) bond motifs is 1. The first-order chi connectivity index (χ1) is 10.1. The van der Waals surface area contributed by atoms with E-state index in [1.165, 1.54) is 18.4 Å². The fraction of sp³-hybridized carbons (Fsp3) is 0.133. The van der Waals surface area contributed by atoms with Crippen LogP contribution in [0.25, 0.3) is 10.9 Å². The van der Waals surface area contributed by atoms with Gasteiger partial charge < -0.3 is 8.98 Å². The molecular weight excluding hydrogens is 272 g/mol. The van der Waals surface area contributed by atoms with Gasteiger partial charge in [-0.15, -0.1) is 0 Å². The van der Waals surface area contributed by atoms with E-state index in [9.17, 15) is 14.9 Å². The number of carbonyl (C=O) groups is 1. The molecule has 3 rings (SSSR count). The summed E-state index contributed by atoms with van der Waals surface area (Å²) >= 11 is 0. The zero-order valence-corrected chi connectivity index (χ0v) is 11.3. The number of nitro groups is 1. The number of nitrogens with zero attached hydrogens (tertiary/aromatic N) is 2. The van der Waals surface area contributed by atoms with E-state index in [0.29, 0.717) is 17.5 Å². The predicted octanol–water partition coefficient (Wildman–Crippen LogP) is 3.39. The molecule has 0 aliphatic heterocycles. The van der Waals surface area contributed by atoms with Crippen molar-refractivity contribution in [3.8, 4) is 0 Å². The van der Waals surface area contributed by atoms with Crippen LogP contribution in [0, 0.1) is 10.1 Å². The summed E-state index contributed by atoms with van der Waals surface area (Å²) in [5, 5.41) is 11.5. The summed E-state index contributed by atoms with van der Waals surface area (Å²) < 4.78 is 7.01. The lowest BCUT2D eigenvalue weighted by atomic mass is 10.1. The molecule has 3 aromatic rings. The molecule has 1 aromatic carbocycles. The average Bonchev–Trinajstić information content (AvgIpc) is 3.13. The quantitative estimate of drug-likeness (QED) is 0.418. The van der Waals surface area contributed by atoms with Crippen molar-refractivity contribution in [1.82, 2.24) is 4.57 Å². The maximum atomic E-state index is 12.5. The van der Waals surface area contributed by atoms with E-state index in [4.69, 9.17) is 4.42 Å². The predicted molar refractivity (Wildman–Crippen MR) is 76.4 cm³/mol. The monoisotopic (exact) mass is 284 g/mol. The molecule has 2 heterocycles. The van der Waals surface area contributed by atoms with Gasteiger partial charge >= 0.3 is 0 Å². The fourth-order valence-corrected chi connectivity index (χ4v) is 2.38.